The zero-order valence-corrected chi connectivity index (χ0v) is 38.2. The zero-order valence-electron chi connectivity index (χ0n) is 38.2. The van der Waals surface area contributed by atoms with Crippen LogP contribution in [0.25, 0.3) is 5.57 Å². The first-order valence-corrected chi connectivity index (χ1v) is 22.5. The van der Waals surface area contributed by atoms with Gasteiger partial charge in [0.1, 0.15) is 18.7 Å². The van der Waals surface area contributed by atoms with Crippen LogP contribution in [0.1, 0.15) is 79.2 Å². The molecule has 0 spiro atoms. The van der Waals surface area contributed by atoms with Crippen LogP contribution in [-0.2, 0) is 14.3 Å². The number of carbonyl (C=O) groups excluding carboxylic acids is 5. The molecule has 67 heavy (non-hydrogen) atoms. The normalized spacial score (nSPS) is 18.8. The summed E-state index contributed by atoms with van der Waals surface area (Å²) < 4.78 is 28.5. The molecule has 5 aliphatic rings. The maximum absolute atomic E-state index is 14.0. The van der Waals surface area contributed by atoms with Crippen LogP contribution >= 0.6 is 0 Å². The second-order valence-corrected chi connectivity index (χ2v) is 17.3. The maximum Gasteiger partial charge on any atom is 0.408 e. The molecule has 17 nitrogen and oxygen atoms in total. The van der Waals surface area contributed by atoms with Crippen molar-refractivity contribution in [2.24, 2.45) is 21.8 Å². The van der Waals surface area contributed by atoms with Crippen molar-refractivity contribution in [3.63, 3.8) is 0 Å². The van der Waals surface area contributed by atoms with Gasteiger partial charge in [0.15, 0.2) is 23.0 Å². The monoisotopic (exact) mass is 913 g/mol. The highest BCUT2D eigenvalue weighted by atomic mass is 16.5. The smallest absolute Gasteiger partial charge is 0.408 e. The maximum atomic E-state index is 14.0. The Balaban J connectivity index is 0.844. The van der Waals surface area contributed by atoms with Gasteiger partial charge in [-0.25, -0.2) is 4.79 Å². The number of amides is 5. The molecule has 0 saturated heterocycles. The fourth-order valence-corrected chi connectivity index (χ4v) is 8.35. The van der Waals surface area contributed by atoms with Gasteiger partial charge >= 0.3 is 6.09 Å². The predicted octanol–water partition coefficient (Wildman–Crippen LogP) is 7.13. The fraction of sp³-hybridized carbons (Fsp3) is 0.380. The molecular formula is C50H55N7O10. The number of carbonyl (C=O) groups is 5. The van der Waals surface area contributed by atoms with Gasteiger partial charge in [0.05, 0.1) is 62.0 Å². The van der Waals surface area contributed by atoms with Crippen LogP contribution in [0.15, 0.2) is 89.1 Å². The van der Waals surface area contributed by atoms with Crippen molar-refractivity contribution in [2.45, 2.75) is 77.0 Å². The van der Waals surface area contributed by atoms with Gasteiger partial charge in [-0.3, -0.25) is 29.2 Å². The molecule has 4 aliphatic heterocycles. The van der Waals surface area contributed by atoms with Crippen molar-refractivity contribution in [3.05, 3.63) is 95.8 Å². The molecule has 4 atom stereocenters. The van der Waals surface area contributed by atoms with E-state index in [1.807, 2.05) is 30.7 Å². The fourth-order valence-electron chi connectivity index (χ4n) is 8.35. The average Bonchev–Trinajstić information content (AvgIpc) is 4.00. The van der Waals surface area contributed by atoms with E-state index in [-0.39, 0.29) is 49.6 Å². The molecule has 8 rings (SSSR count). The molecule has 3 aromatic carbocycles. The third kappa shape index (κ3) is 10.2. The molecule has 0 aromatic heterocycles. The van der Waals surface area contributed by atoms with E-state index in [0.29, 0.717) is 69.9 Å². The van der Waals surface area contributed by atoms with Crippen molar-refractivity contribution in [1.29, 1.82) is 0 Å². The summed E-state index contributed by atoms with van der Waals surface area (Å²) in [5, 5.41) is 8.00. The SMILES string of the molecule is C=CCOC(=O)N[C@H](C(=O)N[C@@H](C)C(=O)Nc1ccc(C2=CN3C(=O)c4cc(OC)c(OCCCOc5cc6c(cc5OC)C(=O)N5C=C(C7CC7)C[C@H]5C=N6)cc4N=C[C@@H]3C2)cc1)C(C)C. The molecule has 5 amide bonds. The topological polar surface area (TPSA) is 199 Å². The Morgan fingerprint density at radius 1 is 0.776 bits per heavy atom. The number of benzene rings is 3. The zero-order chi connectivity index (χ0) is 47.4. The Morgan fingerprint density at radius 2 is 1.36 bits per heavy atom. The van der Waals surface area contributed by atoms with Crippen LogP contribution < -0.4 is 34.9 Å². The minimum absolute atomic E-state index is 0.00210. The van der Waals surface area contributed by atoms with Crippen molar-refractivity contribution in [2.75, 3.05) is 39.4 Å². The molecule has 17 heteroatoms. The minimum Gasteiger partial charge on any atom is -0.493 e. The highest BCUT2D eigenvalue weighted by Crippen LogP contribution is 2.45. The van der Waals surface area contributed by atoms with Crippen LogP contribution in [-0.4, -0.2) is 110 Å². The van der Waals surface area contributed by atoms with Crippen molar-refractivity contribution >= 4 is 64.8 Å². The molecule has 4 heterocycles. The first-order valence-electron chi connectivity index (χ1n) is 22.5. The quantitative estimate of drug-likeness (QED) is 0.0872. The van der Waals surface area contributed by atoms with E-state index in [1.54, 1.807) is 80.3 Å². The lowest BCUT2D eigenvalue weighted by atomic mass is 10.0. The minimum atomic E-state index is -0.913. The van der Waals surface area contributed by atoms with Gasteiger partial charge in [-0.05, 0) is 79.0 Å². The van der Waals surface area contributed by atoms with E-state index in [0.717, 1.165) is 17.6 Å². The number of methoxy groups -OCH3 is 2. The van der Waals surface area contributed by atoms with Crippen LogP contribution in [0.3, 0.4) is 0 Å². The molecule has 1 saturated carbocycles. The van der Waals surface area contributed by atoms with E-state index in [4.69, 9.17) is 28.7 Å². The largest absolute Gasteiger partial charge is 0.493 e. The van der Waals surface area contributed by atoms with E-state index in [1.165, 1.54) is 31.6 Å². The first kappa shape index (κ1) is 46.1. The molecule has 3 N–H and O–H groups in total. The van der Waals surface area contributed by atoms with Crippen LogP contribution in [0.2, 0.25) is 0 Å². The van der Waals surface area contributed by atoms with E-state index in [9.17, 15) is 24.0 Å². The summed E-state index contributed by atoms with van der Waals surface area (Å²) in [6, 6.07) is 11.7. The Morgan fingerprint density at radius 3 is 1.91 bits per heavy atom. The number of aliphatic imine (C=N–C) groups is 2. The summed E-state index contributed by atoms with van der Waals surface area (Å²) >= 11 is 0. The Labute approximate surface area is 388 Å². The number of nitrogens with one attached hydrogen (secondary N) is 3. The van der Waals surface area contributed by atoms with Crippen LogP contribution in [0, 0.1) is 11.8 Å². The summed E-state index contributed by atoms with van der Waals surface area (Å²) in [5.74, 6) is 0.744. The standard InChI is InChI=1S/C50H55N7O10/c1-7-15-67-50(62)55-45(28(2)3)47(59)53-29(4)46(58)54-34-13-11-31(12-14-34)33-19-36-25-52-40-23-44(42(64-6)21-38(40)49(61)57(36)27-33)66-17-8-16-65-43-22-39-37(20-41(43)63-5)48(60)56-26-32(30-9-10-30)18-35(56)24-51-39/h7,11-14,20-30,35-36,45H,1,8-10,15-19H2,2-6H3,(H,53,59)(H,54,58)(H,55,62)/t29-,35-,36-,45-/m0/s1. The molecule has 0 unspecified atom stereocenters. The van der Waals surface area contributed by atoms with Gasteiger partial charge in [0.2, 0.25) is 11.8 Å². The summed E-state index contributed by atoms with van der Waals surface area (Å²) in [7, 11) is 3.05. The number of hydrogen-bond donors (Lipinski definition) is 3. The van der Waals surface area contributed by atoms with Crippen LogP contribution in [0.5, 0.6) is 23.0 Å². The number of rotatable bonds is 18. The highest BCUT2D eigenvalue weighted by molar-refractivity contribution is 6.06. The number of ether oxygens (including phenoxy) is 5. The van der Waals surface area contributed by atoms with Crippen molar-refractivity contribution in [1.82, 2.24) is 20.4 Å². The number of nitrogens with zero attached hydrogens (tertiary/aromatic N) is 4. The van der Waals surface area contributed by atoms with Crippen molar-refractivity contribution in [3.8, 4) is 23.0 Å². The second-order valence-electron chi connectivity index (χ2n) is 17.3. The Bertz CT molecular complexity index is 2580. The summed E-state index contributed by atoms with van der Waals surface area (Å²) in [5.41, 5.74) is 5.43. The lowest BCUT2D eigenvalue weighted by Gasteiger charge is -2.23. The predicted molar refractivity (Wildman–Crippen MR) is 252 cm³/mol. The molecule has 0 radical (unpaired) electrons. The van der Waals surface area contributed by atoms with Crippen molar-refractivity contribution < 1.29 is 47.7 Å². The Hall–Kier alpha value is -7.43. The van der Waals surface area contributed by atoms with Gasteiger partial charge in [-0.2, -0.15) is 0 Å². The van der Waals surface area contributed by atoms with Gasteiger partial charge in [-0.15, -0.1) is 0 Å². The number of hydrogen-bond acceptors (Lipinski definition) is 12. The van der Waals surface area contributed by atoms with Gasteiger partial charge in [0, 0.05) is 55.5 Å². The van der Waals surface area contributed by atoms with E-state index in [2.05, 4.69) is 27.5 Å². The lowest BCUT2D eigenvalue weighted by Crippen LogP contribution is -2.53. The van der Waals surface area contributed by atoms with Gasteiger partial charge in [-0.1, -0.05) is 38.6 Å². The summed E-state index contributed by atoms with van der Waals surface area (Å²) in [6.45, 7) is 9.15. The summed E-state index contributed by atoms with van der Waals surface area (Å²) in [6.07, 6.45) is 12.3. The third-order valence-electron chi connectivity index (χ3n) is 12.2. The summed E-state index contributed by atoms with van der Waals surface area (Å²) in [4.78, 5) is 78.4. The Kier molecular flexibility index (Phi) is 13.8. The van der Waals surface area contributed by atoms with Gasteiger partial charge < -0.3 is 49.4 Å². The molecule has 3 aromatic rings. The first-order chi connectivity index (χ1) is 32.3. The molecule has 0 bridgehead atoms. The van der Waals surface area contributed by atoms with Gasteiger partial charge in [0.25, 0.3) is 11.8 Å². The molecule has 1 fully saturated rings. The van der Waals surface area contributed by atoms with Crippen LogP contribution in [0.4, 0.5) is 21.9 Å². The van der Waals surface area contributed by atoms with E-state index < -0.39 is 30.0 Å². The lowest BCUT2D eigenvalue weighted by molar-refractivity contribution is -0.128. The number of anilines is 1. The average molecular weight is 914 g/mol. The van der Waals surface area contributed by atoms with E-state index >= 15 is 0 Å². The number of alkyl carbamates (subject to hydrolysis) is 1. The third-order valence-corrected chi connectivity index (χ3v) is 12.2. The molecule has 350 valence electrons. The molecular weight excluding hydrogens is 859 g/mol. The second kappa shape index (κ2) is 20.0. The highest BCUT2D eigenvalue weighted by Gasteiger charge is 2.38. The molecule has 1 aliphatic carbocycles. The number of fused-ring (bicyclic) bond motifs is 4.